The van der Waals surface area contributed by atoms with E-state index >= 15 is 0 Å². The molecule has 1 atom stereocenters. The van der Waals surface area contributed by atoms with E-state index in [2.05, 4.69) is 10.6 Å². The molecule has 9 heteroatoms. The molecule has 3 rings (SSSR count). The van der Waals surface area contributed by atoms with Crippen molar-refractivity contribution in [1.82, 2.24) is 9.62 Å². The summed E-state index contributed by atoms with van der Waals surface area (Å²) in [5.74, 6) is -1.50. The van der Waals surface area contributed by atoms with Crippen molar-refractivity contribution in [2.24, 2.45) is 0 Å². The van der Waals surface area contributed by atoms with Crippen LogP contribution in [0.4, 0.5) is 5.69 Å². The minimum atomic E-state index is -3.66. The van der Waals surface area contributed by atoms with Crippen LogP contribution in [0.2, 0.25) is 5.02 Å². The van der Waals surface area contributed by atoms with E-state index in [4.69, 9.17) is 11.6 Å². The molecule has 1 heterocycles. The summed E-state index contributed by atoms with van der Waals surface area (Å²) >= 11 is 5.88. The molecule has 166 valence electrons. The molecule has 2 amide bonds. The molecule has 2 N–H and O–H groups in total. The third-order valence-electron chi connectivity index (χ3n) is 5.24. The van der Waals surface area contributed by atoms with Crippen LogP contribution in [0.25, 0.3) is 0 Å². The average molecular weight is 464 g/mol. The second-order valence-corrected chi connectivity index (χ2v) is 9.91. The first-order valence-electron chi connectivity index (χ1n) is 10.2. The van der Waals surface area contributed by atoms with Gasteiger partial charge in [-0.15, -0.1) is 0 Å². The number of nitrogens with zero attached hydrogens (tertiary/aromatic N) is 1. The molecule has 0 aliphatic carbocycles. The van der Waals surface area contributed by atoms with Crippen LogP contribution in [0.3, 0.4) is 0 Å². The van der Waals surface area contributed by atoms with Crippen molar-refractivity contribution >= 4 is 39.1 Å². The van der Waals surface area contributed by atoms with Gasteiger partial charge in [-0.25, -0.2) is 8.42 Å². The molecular formula is C22H26ClN3O4S. The van der Waals surface area contributed by atoms with Gasteiger partial charge in [0.25, 0.3) is 0 Å². The molecule has 1 fully saturated rings. The first kappa shape index (κ1) is 23.2. The molecule has 1 aliphatic heterocycles. The number of piperidine rings is 1. The Hall–Kier alpha value is -2.42. The van der Waals surface area contributed by atoms with Crippen molar-refractivity contribution in [2.75, 3.05) is 18.4 Å². The maximum absolute atomic E-state index is 13.1. The smallest absolute Gasteiger partial charge is 0.313 e. The Kier molecular flexibility index (Phi) is 7.69. The highest BCUT2D eigenvalue weighted by molar-refractivity contribution is 7.89. The molecular weight excluding hydrogens is 438 g/mol. The lowest BCUT2D eigenvalue weighted by Crippen LogP contribution is -2.45. The van der Waals surface area contributed by atoms with Crippen LogP contribution in [-0.4, -0.2) is 43.7 Å². The number of carbonyl (C=O) groups is 2. The van der Waals surface area contributed by atoms with E-state index in [1.165, 1.54) is 16.4 Å². The summed E-state index contributed by atoms with van der Waals surface area (Å²) in [7, 11) is -3.66. The van der Waals surface area contributed by atoms with Crippen LogP contribution in [0.15, 0.2) is 53.4 Å². The van der Waals surface area contributed by atoms with E-state index in [9.17, 15) is 18.0 Å². The van der Waals surface area contributed by atoms with Gasteiger partial charge in [-0.1, -0.05) is 30.2 Å². The number of sulfonamides is 1. The maximum atomic E-state index is 13.1. The lowest BCUT2D eigenvalue weighted by Gasteiger charge is -2.34. The largest absolute Gasteiger partial charge is 0.348 e. The van der Waals surface area contributed by atoms with E-state index in [1.54, 1.807) is 30.3 Å². The zero-order chi connectivity index (χ0) is 22.4. The summed E-state index contributed by atoms with van der Waals surface area (Å²) in [6.45, 7) is 2.53. The van der Waals surface area contributed by atoms with E-state index < -0.39 is 21.8 Å². The van der Waals surface area contributed by atoms with Crippen molar-refractivity contribution in [3.8, 4) is 0 Å². The van der Waals surface area contributed by atoms with Gasteiger partial charge in [-0.3, -0.25) is 9.59 Å². The number of rotatable bonds is 6. The van der Waals surface area contributed by atoms with Crippen LogP contribution in [0, 0.1) is 6.92 Å². The molecule has 0 unspecified atom stereocenters. The molecule has 0 spiro atoms. The van der Waals surface area contributed by atoms with Crippen molar-refractivity contribution in [2.45, 2.75) is 43.5 Å². The fourth-order valence-corrected chi connectivity index (χ4v) is 5.51. The van der Waals surface area contributed by atoms with Gasteiger partial charge in [-0.05, 0) is 68.1 Å². The van der Waals surface area contributed by atoms with E-state index in [0.717, 1.165) is 18.4 Å². The van der Waals surface area contributed by atoms with Crippen molar-refractivity contribution < 1.29 is 18.0 Å². The molecule has 1 aliphatic rings. The fraction of sp³-hybridized carbons (Fsp3) is 0.364. The number of benzene rings is 2. The predicted molar refractivity (Wildman–Crippen MR) is 120 cm³/mol. The maximum Gasteiger partial charge on any atom is 0.313 e. The first-order chi connectivity index (χ1) is 14.8. The number of hydrogen-bond donors (Lipinski definition) is 2. The lowest BCUT2D eigenvalue weighted by molar-refractivity contribution is -0.136. The van der Waals surface area contributed by atoms with E-state index in [1.807, 2.05) is 13.0 Å². The van der Waals surface area contributed by atoms with Gasteiger partial charge < -0.3 is 10.6 Å². The Morgan fingerprint density at radius 2 is 1.84 bits per heavy atom. The highest BCUT2D eigenvalue weighted by atomic mass is 35.5. The third kappa shape index (κ3) is 6.06. The highest BCUT2D eigenvalue weighted by Gasteiger charge is 2.33. The number of aryl methyl sites for hydroxylation is 1. The summed E-state index contributed by atoms with van der Waals surface area (Å²) in [6.07, 6.45) is 2.84. The van der Waals surface area contributed by atoms with E-state index in [-0.39, 0.29) is 17.5 Å². The molecule has 0 aromatic heterocycles. The highest BCUT2D eigenvalue weighted by Crippen LogP contribution is 2.27. The van der Waals surface area contributed by atoms with Gasteiger partial charge >= 0.3 is 11.8 Å². The molecule has 2 aromatic carbocycles. The summed E-state index contributed by atoms with van der Waals surface area (Å²) in [5, 5.41) is 5.63. The quantitative estimate of drug-likeness (QED) is 0.642. The van der Waals surface area contributed by atoms with Crippen LogP contribution >= 0.6 is 11.6 Å². The summed E-state index contributed by atoms with van der Waals surface area (Å²) in [5.41, 5.74) is 1.52. The molecule has 0 radical (unpaired) electrons. The van der Waals surface area contributed by atoms with Gasteiger partial charge in [-0.2, -0.15) is 4.31 Å². The normalized spacial score (nSPS) is 17.2. The van der Waals surface area contributed by atoms with Crippen LogP contribution in [0.1, 0.15) is 31.2 Å². The molecule has 1 saturated heterocycles. The zero-order valence-electron chi connectivity index (χ0n) is 17.3. The summed E-state index contributed by atoms with van der Waals surface area (Å²) in [6, 6.07) is 13.0. The topological polar surface area (TPSA) is 95.6 Å². The minimum absolute atomic E-state index is 0.199. The van der Waals surface area contributed by atoms with Crippen LogP contribution in [0.5, 0.6) is 0 Å². The summed E-state index contributed by atoms with van der Waals surface area (Å²) in [4.78, 5) is 24.4. The van der Waals surface area contributed by atoms with Gasteiger partial charge in [0.2, 0.25) is 10.0 Å². The Bertz CT molecular complexity index is 1040. The molecule has 2 aromatic rings. The Labute approximate surface area is 187 Å². The third-order valence-corrected chi connectivity index (χ3v) is 7.46. The van der Waals surface area contributed by atoms with Crippen LogP contribution < -0.4 is 10.6 Å². The monoisotopic (exact) mass is 463 g/mol. The number of hydrogen-bond acceptors (Lipinski definition) is 4. The number of amides is 2. The van der Waals surface area contributed by atoms with Crippen molar-refractivity contribution in [3.63, 3.8) is 0 Å². The zero-order valence-corrected chi connectivity index (χ0v) is 18.9. The standard InChI is InChI=1S/C22H26ClN3O4S/c1-16-5-4-6-18(15-16)25-22(28)21(27)24-13-12-19-7-2-3-14-26(19)31(29,30)20-10-8-17(23)9-11-20/h4-6,8-11,15,19H,2-3,7,12-14H2,1H3,(H,24,27)(H,25,28)/t19-/m0/s1. The molecule has 31 heavy (non-hydrogen) atoms. The van der Waals surface area contributed by atoms with E-state index in [0.29, 0.717) is 30.1 Å². The SMILES string of the molecule is Cc1cccc(NC(=O)C(=O)NCC[C@@H]2CCCCN2S(=O)(=O)c2ccc(Cl)cc2)c1. The van der Waals surface area contributed by atoms with Gasteiger partial charge in [0.1, 0.15) is 0 Å². The predicted octanol–water partition coefficient (Wildman–Crippen LogP) is 3.34. The average Bonchev–Trinajstić information content (AvgIpc) is 2.74. The minimum Gasteiger partial charge on any atom is -0.348 e. The van der Waals surface area contributed by atoms with Gasteiger partial charge in [0, 0.05) is 29.8 Å². The summed E-state index contributed by atoms with van der Waals surface area (Å²) < 4.78 is 27.7. The second-order valence-electron chi connectivity index (χ2n) is 7.59. The Morgan fingerprint density at radius 3 is 2.55 bits per heavy atom. The molecule has 0 bridgehead atoms. The fourth-order valence-electron chi connectivity index (χ4n) is 3.66. The Balaban J connectivity index is 1.57. The van der Waals surface area contributed by atoms with Gasteiger partial charge in [0.15, 0.2) is 0 Å². The second kappa shape index (κ2) is 10.3. The number of nitrogens with one attached hydrogen (secondary N) is 2. The lowest BCUT2D eigenvalue weighted by atomic mass is 10.0. The molecule has 0 saturated carbocycles. The molecule has 7 nitrogen and oxygen atoms in total. The van der Waals surface area contributed by atoms with Crippen LogP contribution in [-0.2, 0) is 19.6 Å². The number of carbonyl (C=O) groups excluding carboxylic acids is 2. The number of anilines is 1. The van der Waals surface area contributed by atoms with Crippen molar-refractivity contribution in [3.05, 3.63) is 59.1 Å². The number of halogens is 1. The van der Waals surface area contributed by atoms with Gasteiger partial charge in [0.05, 0.1) is 4.90 Å². The first-order valence-corrected chi connectivity index (χ1v) is 12.0. The van der Waals surface area contributed by atoms with Crippen molar-refractivity contribution in [1.29, 1.82) is 0 Å². The Morgan fingerprint density at radius 1 is 1.10 bits per heavy atom.